The van der Waals surface area contributed by atoms with E-state index in [1.807, 2.05) is 0 Å². The maximum atomic E-state index is 12.9. The highest BCUT2D eigenvalue weighted by Crippen LogP contribution is 2.56. The molecule has 3 aliphatic rings. The Kier molecular flexibility index (Phi) is 4.15. The summed E-state index contributed by atoms with van der Waals surface area (Å²) in [6.07, 6.45) is 3.12. The summed E-state index contributed by atoms with van der Waals surface area (Å²) in [6.45, 7) is 0. The van der Waals surface area contributed by atoms with E-state index in [-0.39, 0.29) is 23.7 Å². The van der Waals surface area contributed by atoms with Crippen LogP contribution in [0.1, 0.15) is 29.6 Å². The first-order valence-corrected chi connectivity index (χ1v) is 9.91. The molecule has 0 radical (unpaired) electrons. The van der Waals surface area contributed by atoms with Crippen molar-refractivity contribution in [2.24, 2.45) is 23.7 Å². The van der Waals surface area contributed by atoms with Crippen LogP contribution in [0.2, 0.25) is 0 Å². The number of benzene rings is 2. The Bertz CT molecular complexity index is 971. The van der Waals surface area contributed by atoms with Gasteiger partial charge in [-0.25, -0.2) is 4.79 Å². The smallest absolute Gasteiger partial charge is 0.343 e. The van der Waals surface area contributed by atoms with Crippen molar-refractivity contribution >= 4 is 23.5 Å². The molecule has 0 unspecified atom stereocenters. The number of esters is 1. The SMILES string of the molecule is COc1cccc(C(=O)Oc2ccc(N3C(=O)[C@H]4[C@@H]5CC[C@@H](C5)[C@@H]4C3=O)cc2)c1. The highest BCUT2D eigenvalue weighted by atomic mass is 16.5. The zero-order chi connectivity index (χ0) is 20.1. The van der Waals surface area contributed by atoms with Gasteiger partial charge in [0.05, 0.1) is 30.2 Å². The van der Waals surface area contributed by atoms with Crippen molar-refractivity contribution < 1.29 is 23.9 Å². The van der Waals surface area contributed by atoms with E-state index in [9.17, 15) is 14.4 Å². The van der Waals surface area contributed by atoms with Crippen molar-refractivity contribution in [3.63, 3.8) is 0 Å². The van der Waals surface area contributed by atoms with Crippen LogP contribution in [0, 0.1) is 23.7 Å². The topological polar surface area (TPSA) is 72.9 Å². The van der Waals surface area contributed by atoms with Crippen LogP contribution < -0.4 is 14.4 Å². The van der Waals surface area contributed by atoms with Crippen molar-refractivity contribution in [3.05, 3.63) is 54.1 Å². The van der Waals surface area contributed by atoms with Crippen LogP contribution >= 0.6 is 0 Å². The molecule has 0 N–H and O–H groups in total. The molecule has 3 fully saturated rings. The fraction of sp³-hybridized carbons (Fsp3) is 0.348. The molecule has 6 heteroatoms. The number of anilines is 1. The molecular weight excluding hydrogens is 370 g/mol. The normalized spacial score (nSPS) is 27.3. The number of imide groups is 1. The second-order valence-corrected chi connectivity index (χ2v) is 8.01. The molecule has 2 aromatic carbocycles. The van der Waals surface area contributed by atoms with E-state index in [1.54, 1.807) is 48.5 Å². The summed E-state index contributed by atoms with van der Waals surface area (Å²) in [6, 6.07) is 13.2. The number of rotatable bonds is 4. The van der Waals surface area contributed by atoms with Gasteiger partial charge in [-0.3, -0.25) is 14.5 Å². The van der Waals surface area contributed by atoms with Gasteiger partial charge in [0, 0.05) is 0 Å². The third-order valence-corrected chi connectivity index (χ3v) is 6.54. The Hall–Kier alpha value is -3.15. The van der Waals surface area contributed by atoms with Crippen LogP contribution in [-0.4, -0.2) is 24.9 Å². The number of amides is 2. The van der Waals surface area contributed by atoms with Gasteiger partial charge < -0.3 is 9.47 Å². The minimum absolute atomic E-state index is 0.0756. The average Bonchev–Trinajstić information content (AvgIpc) is 3.43. The van der Waals surface area contributed by atoms with E-state index in [0.717, 1.165) is 19.3 Å². The summed E-state index contributed by atoms with van der Waals surface area (Å²) in [4.78, 5) is 39.5. The van der Waals surface area contributed by atoms with E-state index in [1.165, 1.54) is 12.0 Å². The number of carbonyl (C=O) groups is 3. The Morgan fingerprint density at radius 2 is 1.59 bits per heavy atom. The summed E-state index contributed by atoms with van der Waals surface area (Å²) in [5, 5.41) is 0. The molecule has 6 nitrogen and oxygen atoms in total. The lowest BCUT2D eigenvalue weighted by atomic mass is 9.81. The molecule has 29 heavy (non-hydrogen) atoms. The average molecular weight is 391 g/mol. The molecule has 148 valence electrons. The summed E-state index contributed by atoms with van der Waals surface area (Å²) < 4.78 is 10.5. The van der Waals surface area contributed by atoms with E-state index in [0.29, 0.717) is 34.6 Å². The lowest BCUT2D eigenvalue weighted by molar-refractivity contribution is -0.123. The first-order chi connectivity index (χ1) is 14.1. The molecule has 0 spiro atoms. The molecular formula is C23H21NO5. The monoisotopic (exact) mass is 391 g/mol. The quantitative estimate of drug-likeness (QED) is 0.453. The third kappa shape index (κ3) is 2.82. The van der Waals surface area contributed by atoms with Gasteiger partial charge in [0.1, 0.15) is 11.5 Å². The molecule has 2 aliphatic carbocycles. The molecule has 5 rings (SSSR count). The first-order valence-electron chi connectivity index (χ1n) is 9.91. The summed E-state index contributed by atoms with van der Waals surface area (Å²) >= 11 is 0. The number of hydrogen-bond acceptors (Lipinski definition) is 5. The van der Waals surface area contributed by atoms with Crippen LogP contribution in [0.15, 0.2) is 48.5 Å². The maximum absolute atomic E-state index is 12.9. The largest absolute Gasteiger partial charge is 0.497 e. The Balaban J connectivity index is 1.32. The molecule has 2 amide bonds. The van der Waals surface area contributed by atoms with Gasteiger partial charge >= 0.3 is 5.97 Å². The van der Waals surface area contributed by atoms with Crippen molar-refractivity contribution in [2.75, 3.05) is 12.0 Å². The van der Waals surface area contributed by atoms with Crippen LogP contribution in [0.5, 0.6) is 11.5 Å². The Labute approximate surface area is 168 Å². The number of carbonyl (C=O) groups excluding carboxylic acids is 3. The molecule has 0 aromatic heterocycles. The maximum Gasteiger partial charge on any atom is 0.343 e. The van der Waals surface area contributed by atoms with Gasteiger partial charge in [0.25, 0.3) is 0 Å². The minimum Gasteiger partial charge on any atom is -0.497 e. The summed E-state index contributed by atoms with van der Waals surface area (Å²) in [7, 11) is 1.53. The second-order valence-electron chi connectivity index (χ2n) is 8.01. The second kappa shape index (κ2) is 6.72. The van der Waals surface area contributed by atoms with Crippen LogP contribution in [0.25, 0.3) is 0 Å². The fourth-order valence-electron chi connectivity index (χ4n) is 5.24. The fourth-order valence-corrected chi connectivity index (χ4v) is 5.24. The van der Waals surface area contributed by atoms with Crippen LogP contribution in [0.3, 0.4) is 0 Å². The van der Waals surface area contributed by atoms with Crippen LogP contribution in [-0.2, 0) is 9.59 Å². The number of hydrogen-bond donors (Lipinski definition) is 0. The van der Waals surface area contributed by atoms with Gasteiger partial charge in [0.15, 0.2) is 0 Å². The molecule has 1 saturated heterocycles. The molecule has 1 aliphatic heterocycles. The lowest BCUT2D eigenvalue weighted by Crippen LogP contribution is -2.32. The van der Waals surface area contributed by atoms with E-state index in [4.69, 9.17) is 9.47 Å². The third-order valence-electron chi connectivity index (χ3n) is 6.54. The molecule has 4 atom stereocenters. The molecule has 2 saturated carbocycles. The van der Waals surface area contributed by atoms with E-state index >= 15 is 0 Å². The van der Waals surface area contributed by atoms with Gasteiger partial charge in [-0.1, -0.05) is 6.07 Å². The van der Waals surface area contributed by atoms with Crippen molar-refractivity contribution in [3.8, 4) is 11.5 Å². The number of nitrogens with zero attached hydrogens (tertiary/aromatic N) is 1. The van der Waals surface area contributed by atoms with Crippen molar-refractivity contribution in [1.29, 1.82) is 0 Å². The molecule has 2 aromatic rings. The Morgan fingerprint density at radius 3 is 2.21 bits per heavy atom. The predicted octanol–water partition coefficient (Wildman–Crippen LogP) is 3.45. The standard InChI is InChI=1S/C23H21NO5/c1-28-18-4-2-3-15(12-18)23(27)29-17-9-7-16(8-10-17)24-21(25)19-13-5-6-14(11-13)20(19)22(24)26/h2-4,7-10,12-14,19-20H,5-6,11H2,1H3/t13-,14+,19-,20-/m0/s1. The zero-order valence-corrected chi connectivity index (χ0v) is 16.0. The van der Waals surface area contributed by atoms with Gasteiger partial charge in [-0.05, 0) is 73.6 Å². The number of methoxy groups -OCH3 is 1. The number of ether oxygens (including phenoxy) is 2. The van der Waals surface area contributed by atoms with E-state index < -0.39 is 5.97 Å². The molecule has 1 heterocycles. The van der Waals surface area contributed by atoms with Gasteiger partial charge in [-0.2, -0.15) is 0 Å². The zero-order valence-electron chi connectivity index (χ0n) is 16.0. The van der Waals surface area contributed by atoms with Crippen LogP contribution in [0.4, 0.5) is 5.69 Å². The van der Waals surface area contributed by atoms with Crippen molar-refractivity contribution in [1.82, 2.24) is 0 Å². The van der Waals surface area contributed by atoms with Crippen molar-refractivity contribution in [2.45, 2.75) is 19.3 Å². The summed E-state index contributed by atoms with van der Waals surface area (Å²) in [5.41, 5.74) is 0.914. The van der Waals surface area contributed by atoms with Gasteiger partial charge in [-0.15, -0.1) is 0 Å². The van der Waals surface area contributed by atoms with E-state index in [2.05, 4.69) is 0 Å². The predicted molar refractivity (Wildman–Crippen MR) is 105 cm³/mol. The van der Waals surface area contributed by atoms with Gasteiger partial charge in [0.2, 0.25) is 11.8 Å². The Morgan fingerprint density at radius 1 is 0.931 bits per heavy atom. The lowest BCUT2D eigenvalue weighted by Gasteiger charge is -2.19. The molecule has 2 bridgehead atoms. The highest BCUT2D eigenvalue weighted by molar-refractivity contribution is 6.22. The summed E-state index contributed by atoms with van der Waals surface area (Å²) in [5.74, 6) is 0.682. The first kappa shape index (κ1) is 17.9. The highest BCUT2D eigenvalue weighted by Gasteiger charge is 2.61. The minimum atomic E-state index is -0.504. The number of fused-ring (bicyclic) bond motifs is 5.